The Morgan fingerprint density at radius 1 is 1.21 bits per heavy atom. The highest BCUT2D eigenvalue weighted by Crippen LogP contribution is 2.32. The van der Waals surface area contributed by atoms with Gasteiger partial charge in [-0.15, -0.1) is 0 Å². The van der Waals surface area contributed by atoms with Gasteiger partial charge in [0.15, 0.2) is 0 Å². The van der Waals surface area contributed by atoms with Crippen LogP contribution in [0.3, 0.4) is 0 Å². The predicted octanol–water partition coefficient (Wildman–Crippen LogP) is 3.00. The van der Waals surface area contributed by atoms with Gasteiger partial charge in [0.1, 0.15) is 12.4 Å². The zero-order valence-electron chi connectivity index (χ0n) is 11.3. The third kappa shape index (κ3) is 3.10. The van der Waals surface area contributed by atoms with E-state index in [-0.39, 0.29) is 12.2 Å². The van der Waals surface area contributed by atoms with E-state index in [9.17, 15) is 5.11 Å². The molecule has 2 aliphatic rings. The number of benzene rings is 1. The first-order valence-electron chi connectivity index (χ1n) is 7.38. The first-order chi connectivity index (χ1) is 9.33. The monoisotopic (exact) mass is 262 g/mol. The fourth-order valence-electron chi connectivity index (χ4n) is 2.97. The zero-order valence-corrected chi connectivity index (χ0v) is 11.3. The minimum Gasteiger partial charge on any atom is -0.491 e. The maximum absolute atomic E-state index is 10.0. The number of aliphatic hydroxyl groups excluding tert-OH is 1. The minimum atomic E-state index is -0.321. The lowest BCUT2D eigenvalue weighted by atomic mass is 9.89. The lowest BCUT2D eigenvalue weighted by Crippen LogP contribution is -2.25. The molecule has 3 nitrogen and oxygen atoms in total. The molecule has 0 saturated carbocycles. The van der Waals surface area contributed by atoms with E-state index >= 15 is 0 Å². The van der Waals surface area contributed by atoms with Crippen LogP contribution in [0.4, 0.5) is 0 Å². The molecule has 0 aromatic heterocycles. The van der Waals surface area contributed by atoms with Crippen molar-refractivity contribution in [2.45, 2.75) is 50.7 Å². The summed E-state index contributed by atoms with van der Waals surface area (Å²) in [5.41, 5.74) is 2.31. The third-order valence-electron chi connectivity index (χ3n) is 4.11. The Kier molecular flexibility index (Phi) is 4.04. The quantitative estimate of drug-likeness (QED) is 0.910. The molecule has 19 heavy (non-hydrogen) atoms. The van der Waals surface area contributed by atoms with E-state index in [1.165, 1.54) is 18.4 Å². The summed E-state index contributed by atoms with van der Waals surface area (Å²) < 4.78 is 11.5. The fraction of sp³-hybridized carbons (Fsp3) is 0.625. The van der Waals surface area contributed by atoms with Crippen molar-refractivity contribution in [3.8, 4) is 5.75 Å². The van der Waals surface area contributed by atoms with E-state index in [1.807, 2.05) is 12.1 Å². The average Bonchev–Trinajstić information content (AvgIpc) is 2.47. The highest BCUT2D eigenvalue weighted by atomic mass is 16.5. The number of aryl methyl sites for hydroxylation is 1. The summed E-state index contributed by atoms with van der Waals surface area (Å²) in [4.78, 5) is 0. The molecule has 1 aromatic rings. The summed E-state index contributed by atoms with van der Waals surface area (Å²) in [5, 5.41) is 10.0. The Balaban J connectivity index is 1.63. The van der Waals surface area contributed by atoms with Gasteiger partial charge in [0.25, 0.3) is 0 Å². The van der Waals surface area contributed by atoms with E-state index in [0.29, 0.717) is 6.61 Å². The van der Waals surface area contributed by atoms with Crippen LogP contribution in [0.1, 0.15) is 49.3 Å². The van der Waals surface area contributed by atoms with Gasteiger partial charge in [0.2, 0.25) is 0 Å². The van der Waals surface area contributed by atoms with Gasteiger partial charge < -0.3 is 14.6 Å². The van der Waals surface area contributed by atoms with Gasteiger partial charge in [-0.05, 0) is 61.8 Å². The molecule has 1 N–H and O–H groups in total. The summed E-state index contributed by atoms with van der Waals surface area (Å²) in [5.74, 6) is 0.855. The maximum Gasteiger partial charge on any atom is 0.119 e. The zero-order chi connectivity index (χ0) is 13.1. The molecule has 0 bridgehead atoms. The van der Waals surface area contributed by atoms with Crippen molar-refractivity contribution >= 4 is 0 Å². The van der Waals surface area contributed by atoms with Crippen LogP contribution < -0.4 is 4.74 Å². The van der Waals surface area contributed by atoms with E-state index in [2.05, 4.69) is 6.07 Å². The summed E-state index contributed by atoms with van der Waals surface area (Å²) in [6.45, 7) is 1.48. The van der Waals surface area contributed by atoms with Crippen molar-refractivity contribution in [2.24, 2.45) is 0 Å². The second-order valence-electron chi connectivity index (χ2n) is 5.57. The molecule has 1 saturated heterocycles. The van der Waals surface area contributed by atoms with Gasteiger partial charge in [0.05, 0.1) is 12.2 Å². The van der Waals surface area contributed by atoms with Crippen LogP contribution >= 0.6 is 0 Å². The molecule has 3 heteroatoms. The van der Waals surface area contributed by atoms with Crippen LogP contribution in [0, 0.1) is 0 Å². The number of rotatable bonds is 3. The highest BCUT2D eigenvalue weighted by molar-refractivity contribution is 5.38. The van der Waals surface area contributed by atoms with E-state index < -0.39 is 0 Å². The minimum absolute atomic E-state index is 0.231. The van der Waals surface area contributed by atoms with Crippen LogP contribution in [0.15, 0.2) is 18.2 Å². The van der Waals surface area contributed by atoms with Gasteiger partial charge in [-0.1, -0.05) is 6.07 Å². The van der Waals surface area contributed by atoms with Crippen LogP contribution in [0.2, 0.25) is 0 Å². The Morgan fingerprint density at radius 3 is 3.00 bits per heavy atom. The maximum atomic E-state index is 10.0. The van der Waals surface area contributed by atoms with Gasteiger partial charge >= 0.3 is 0 Å². The van der Waals surface area contributed by atoms with Crippen LogP contribution in [-0.2, 0) is 11.2 Å². The molecule has 0 amide bonds. The molecule has 0 spiro atoms. The number of fused-ring (bicyclic) bond motifs is 1. The third-order valence-corrected chi connectivity index (χ3v) is 4.11. The van der Waals surface area contributed by atoms with Crippen molar-refractivity contribution in [1.82, 2.24) is 0 Å². The molecule has 1 aromatic carbocycles. The number of aliphatic hydroxyl groups is 1. The van der Waals surface area contributed by atoms with Crippen LogP contribution in [0.5, 0.6) is 5.75 Å². The Morgan fingerprint density at radius 2 is 2.16 bits per heavy atom. The van der Waals surface area contributed by atoms with Crippen molar-refractivity contribution in [2.75, 3.05) is 13.2 Å². The first-order valence-corrected chi connectivity index (χ1v) is 7.38. The second-order valence-corrected chi connectivity index (χ2v) is 5.57. The van der Waals surface area contributed by atoms with Gasteiger partial charge in [0, 0.05) is 6.61 Å². The molecule has 0 radical (unpaired) electrons. The van der Waals surface area contributed by atoms with Crippen molar-refractivity contribution in [3.63, 3.8) is 0 Å². The Labute approximate surface area is 114 Å². The van der Waals surface area contributed by atoms with E-state index in [1.54, 1.807) is 0 Å². The van der Waals surface area contributed by atoms with E-state index in [0.717, 1.165) is 43.6 Å². The average molecular weight is 262 g/mol. The van der Waals surface area contributed by atoms with Gasteiger partial charge in [-0.2, -0.15) is 0 Å². The molecule has 1 aliphatic carbocycles. The largest absolute Gasteiger partial charge is 0.491 e. The first kappa shape index (κ1) is 12.9. The molecule has 104 valence electrons. The number of hydrogen-bond acceptors (Lipinski definition) is 3. The van der Waals surface area contributed by atoms with Gasteiger partial charge in [-0.25, -0.2) is 0 Å². The van der Waals surface area contributed by atoms with Crippen LogP contribution in [-0.4, -0.2) is 24.4 Å². The topological polar surface area (TPSA) is 38.7 Å². The lowest BCUT2D eigenvalue weighted by Gasteiger charge is -2.24. The standard InChI is InChI=1S/C16H22O3/c17-16-6-3-4-12-7-8-13(10-15(12)16)19-11-14-5-1-2-9-18-14/h7-8,10,14,16-17H,1-6,9,11H2/t14?,16-/m1/s1. The molecule has 2 atom stereocenters. The molecule has 1 aliphatic heterocycles. The van der Waals surface area contributed by atoms with Crippen molar-refractivity contribution < 1.29 is 14.6 Å². The SMILES string of the molecule is O[C@@H]1CCCc2ccc(OCC3CCCCO3)cc21. The number of ether oxygens (including phenoxy) is 2. The fourth-order valence-corrected chi connectivity index (χ4v) is 2.97. The summed E-state index contributed by atoms with van der Waals surface area (Å²) >= 11 is 0. The van der Waals surface area contributed by atoms with Crippen molar-refractivity contribution in [3.05, 3.63) is 29.3 Å². The number of hydrogen-bond donors (Lipinski definition) is 1. The Bertz CT molecular complexity index is 424. The second kappa shape index (κ2) is 5.93. The summed E-state index contributed by atoms with van der Waals surface area (Å²) in [6.07, 6.45) is 6.41. The lowest BCUT2D eigenvalue weighted by molar-refractivity contribution is -0.0111. The van der Waals surface area contributed by atoms with Gasteiger partial charge in [-0.3, -0.25) is 0 Å². The molecule has 3 rings (SSSR count). The summed E-state index contributed by atoms with van der Waals surface area (Å²) in [6, 6.07) is 6.11. The highest BCUT2D eigenvalue weighted by Gasteiger charge is 2.19. The molecule has 1 unspecified atom stereocenters. The molecule has 1 heterocycles. The predicted molar refractivity (Wildman–Crippen MR) is 73.4 cm³/mol. The van der Waals surface area contributed by atoms with Crippen molar-refractivity contribution in [1.29, 1.82) is 0 Å². The summed E-state index contributed by atoms with van der Waals surface area (Å²) in [7, 11) is 0. The normalized spacial score (nSPS) is 26.8. The van der Waals surface area contributed by atoms with Crippen LogP contribution in [0.25, 0.3) is 0 Å². The molecule has 1 fully saturated rings. The Hall–Kier alpha value is -1.06. The molecular formula is C16H22O3. The molecular weight excluding hydrogens is 240 g/mol. The van der Waals surface area contributed by atoms with E-state index in [4.69, 9.17) is 9.47 Å². The smallest absolute Gasteiger partial charge is 0.119 e.